The van der Waals surface area contributed by atoms with Gasteiger partial charge < -0.3 is 20.5 Å². The highest BCUT2D eigenvalue weighted by Crippen LogP contribution is 2.27. The highest BCUT2D eigenvalue weighted by atomic mass is 127. The van der Waals surface area contributed by atoms with Crippen LogP contribution in [0, 0.1) is 0 Å². The van der Waals surface area contributed by atoms with Crippen molar-refractivity contribution in [1.82, 2.24) is 10.2 Å². The largest absolute Gasteiger partial charge is 0.493 e. The first kappa shape index (κ1) is 26.0. The van der Waals surface area contributed by atoms with Crippen LogP contribution in [0.5, 0.6) is 11.5 Å². The molecule has 0 radical (unpaired) electrons. The molecule has 0 aliphatic heterocycles. The summed E-state index contributed by atoms with van der Waals surface area (Å²) >= 11 is 0. The number of nitrogens with one attached hydrogen (secondary N) is 1. The lowest BCUT2D eigenvalue weighted by Gasteiger charge is -2.18. The topological polar surface area (TPSA) is 72.1 Å². The van der Waals surface area contributed by atoms with Crippen LogP contribution in [-0.4, -0.2) is 44.7 Å². The van der Waals surface area contributed by atoms with E-state index in [0.717, 1.165) is 43.1 Å². The quantitative estimate of drug-likeness (QED) is 0.265. The van der Waals surface area contributed by atoms with Gasteiger partial charge in [0.25, 0.3) is 0 Å². The number of guanidine groups is 1. The van der Waals surface area contributed by atoms with Crippen LogP contribution in [0.2, 0.25) is 0 Å². The summed E-state index contributed by atoms with van der Waals surface area (Å²) in [7, 11) is 3.27. The van der Waals surface area contributed by atoms with Gasteiger partial charge in [-0.05, 0) is 48.3 Å². The molecule has 7 heteroatoms. The number of hydrogen-bond acceptors (Lipinski definition) is 4. The van der Waals surface area contributed by atoms with Gasteiger partial charge in [0, 0.05) is 13.1 Å². The summed E-state index contributed by atoms with van der Waals surface area (Å²) in [4.78, 5) is 6.87. The van der Waals surface area contributed by atoms with Gasteiger partial charge in [-0.25, -0.2) is 4.99 Å². The summed E-state index contributed by atoms with van der Waals surface area (Å²) in [5.74, 6) is 1.92. The van der Waals surface area contributed by atoms with E-state index in [9.17, 15) is 0 Å². The average molecular weight is 526 g/mol. The number of nitrogens with zero attached hydrogens (tertiary/aromatic N) is 2. The van der Waals surface area contributed by atoms with Crippen molar-refractivity contribution in [2.75, 3.05) is 33.9 Å². The highest BCUT2D eigenvalue weighted by Gasteiger charge is 2.05. The fourth-order valence-electron chi connectivity index (χ4n) is 3.14. The predicted molar refractivity (Wildman–Crippen MR) is 135 cm³/mol. The van der Waals surface area contributed by atoms with Crippen LogP contribution in [0.4, 0.5) is 0 Å². The normalized spacial score (nSPS) is 11.2. The van der Waals surface area contributed by atoms with E-state index in [4.69, 9.17) is 15.2 Å². The van der Waals surface area contributed by atoms with Crippen LogP contribution in [0.25, 0.3) is 0 Å². The first-order chi connectivity index (χ1) is 14.1. The molecule has 2 rings (SSSR count). The monoisotopic (exact) mass is 526 g/mol. The molecule has 0 bridgehead atoms. The predicted octanol–water partition coefficient (Wildman–Crippen LogP) is 3.81. The van der Waals surface area contributed by atoms with E-state index < -0.39 is 0 Å². The molecule has 3 N–H and O–H groups in total. The highest BCUT2D eigenvalue weighted by molar-refractivity contribution is 14.0. The van der Waals surface area contributed by atoms with E-state index >= 15 is 0 Å². The Morgan fingerprint density at radius 2 is 1.67 bits per heavy atom. The lowest BCUT2D eigenvalue weighted by Crippen LogP contribution is -2.33. The van der Waals surface area contributed by atoms with Crippen LogP contribution in [0.3, 0.4) is 0 Å². The first-order valence-corrected chi connectivity index (χ1v) is 10.1. The molecular formula is C23H35IN4O2. The summed E-state index contributed by atoms with van der Waals surface area (Å²) < 4.78 is 10.6. The molecule has 0 unspecified atom stereocenters. The standard InChI is InChI=1S/C23H34N4O2.HI/c1-5-27(6-2)17-20-9-7-8-19(14-20)16-26-23(24)25-13-12-18-10-11-21(28-3)22(15-18)29-4;/h7-11,14-15H,5-6,12-13,16-17H2,1-4H3,(H3,24,25,26);1H. The molecule has 2 aromatic carbocycles. The maximum absolute atomic E-state index is 6.04. The lowest BCUT2D eigenvalue weighted by atomic mass is 10.1. The van der Waals surface area contributed by atoms with E-state index in [0.29, 0.717) is 19.0 Å². The fourth-order valence-corrected chi connectivity index (χ4v) is 3.14. The van der Waals surface area contributed by atoms with Crippen molar-refractivity contribution in [2.24, 2.45) is 10.7 Å². The maximum Gasteiger partial charge on any atom is 0.188 e. The summed E-state index contributed by atoms with van der Waals surface area (Å²) in [6.07, 6.45) is 0.815. The van der Waals surface area contributed by atoms with Crippen LogP contribution in [-0.2, 0) is 19.5 Å². The van der Waals surface area contributed by atoms with E-state index in [2.05, 4.69) is 53.3 Å². The van der Waals surface area contributed by atoms with Crippen LogP contribution in [0.15, 0.2) is 47.5 Å². The van der Waals surface area contributed by atoms with Gasteiger partial charge in [0.2, 0.25) is 0 Å². The van der Waals surface area contributed by atoms with E-state index in [1.54, 1.807) is 14.2 Å². The lowest BCUT2D eigenvalue weighted by molar-refractivity contribution is 0.296. The number of nitrogens with two attached hydrogens (primary N) is 1. The van der Waals surface area contributed by atoms with E-state index in [1.807, 2.05) is 18.2 Å². The minimum atomic E-state index is 0. The molecule has 0 aliphatic rings. The Labute approximate surface area is 197 Å². The molecule has 0 atom stereocenters. The molecule has 0 amide bonds. The molecule has 0 fully saturated rings. The minimum Gasteiger partial charge on any atom is -0.493 e. The zero-order chi connectivity index (χ0) is 21.1. The molecule has 166 valence electrons. The van der Waals surface area contributed by atoms with Crippen molar-refractivity contribution >= 4 is 29.9 Å². The number of methoxy groups -OCH3 is 2. The summed E-state index contributed by atoms with van der Waals surface area (Å²) in [6, 6.07) is 14.5. The second kappa shape index (κ2) is 14.1. The van der Waals surface area contributed by atoms with Gasteiger partial charge in [0.05, 0.1) is 20.8 Å². The molecule has 0 aliphatic carbocycles. The van der Waals surface area contributed by atoms with E-state index in [1.165, 1.54) is 11.1 Å². The second-order valence-corrected chi connectivity index (χ2v) is 6.85. The van der Waals surface area contributed by atoms with Gasteiger partial charge in [0.15, 0.2) is 17.5 Å². The molecular weight excluding hydrogens is 491 g/mol. The number of halogens is 1. The third-order valence-electron chi connectivity index (χ3n) is 4.89. The van der Waals surface area contributed by atoms with Gasteiger partial charge in [-0.2, -0.15) is 0 Å². The number of aliphatic imine (C=N–C) groups is 1. The molecule has 30 heavy (non-hydrogen) atoms. The van der Waals surface area contributed by atoms with Gasteiger partial charge in [-0.3, -0.25) is 4.90 Å². The number of benzene rings is 2. The first-order valence-electron chi connectivity index (χ1n) is 10.1. The van der Waals surface area contributed by atoms with Crippen molar-refractivity contribution in [3.05, 3.63) is 59.2 Å². The molecule has 2 aromatic rings. The number of rotatable bonds is 11. The Balaban J connectivity index is 0.00000450. The fraction of sp³-hybridized carbons (Fsp3) is 0.435. The third-order valence-corrected chi connectivity index (χ3v) is 4.89. The van der Waals surface area contributed by atoms with Crippen molar-refractivity contribution in [3.63, 3.8) is 0 Å². The van der Waals surface area contributed by atoms with Gasteiger partial charge in [-0.15, -0.1) is 24.0 Å². The Bertz CT molecular complexity index is 795. The minimum absolute atomic E-state index is 0. The Morgan fingerprint density at radius 1 is 0.967 bits per heavy atom. The molecule has 0 aromatic heterocycles. The van der Waals surface area contributed by atoms with Crippen LogP contribution in [0.1, 0.15) is 30.5 Å². The van der Waals surface area contributed by atoms with E-state index in [-0.39, 0.29) is 24.0 Å². The molecule has 0 spiro atoms. The van der Waals surface area contributed by atoms with Gasteiger partial charge in [0.1, 0.15) is 0 Å². The second-order valence-electron chi connectivity index (χ2n) is 6.85. The zero-order valence-electron chi connectivity index (χ0n) is 18.5. The Kier molecular flexibility index (Phi) is 12.2. The van der Waals surface area contributed by atoms with Crippen molar-refractivity contribution < 1.29 is 9.47 Å². The molecule has 0 saturated heterocycles. The smallest absolute Gasteiger partial charge is 0.188 e. The molecule has 0 saturated carbocycles. The Morgan fingerprint density at radius 3 is 2.33 bits per heavy atom. The average Bonchev–Trinajstić information content (AvgIpc) is 2.76. The van der Waals surface area contributed by atoms with Crippen molar-refractivity contribution in [3.8, 4) is 11.5 Å². The molecule has 0 heterocycles. The SMILES string of the molecule is CCN(CC)Cc1cccc(CN=C(N)NCCc2ccc(OC)c(OC)c2)c1.I. The number of hydrogen-bond donors (Lipinski definition) is 2. The van der Waals surface area contributed by atoms with Crippen LogP contribution < -0.4 is 20.5 Å². The zero-order valence-corrected chi connectivity index (χ0v) is 20.8. The van der Waals surface area contributed by atoms with Gasteiger partial charge >= 0.3 is 0 Å². The third kappa shape index (κ3) is 8.39. The van der Waals surface area contributed by atoms with Crippen molar-refractivity contribution in [2.45, 2.75) is 33.4 Å². The summed E-state index contributed by atoms with van der Waals surface area (Å²) in [6.45, 7) is 8.71. The van der Waals surface area contributed by atoms with Crippen LogP contribution >= 0.6 is 24.0 Å². The number of ether oxygens (including phenoxy) is 2. The van der Waals surface area contributed by atoms with Crippen molar-refractivity contribution in [1.29, 1.82) is 0 Å². The van der Waals surface area contributed by atoms with Gasteiger partial charge in [-0.1, -0.05) is 44.2 Å². The molecule has 6 nitrogen and oxygen atoms in total. The summed E-state index contributed by atoms with van der Waals surface area (Å²) in [5.41, 5.74) is 9.65. The Hall–Kier alpha value is -2.00. The summed E-state index contributed by atoms with van der Waals surface area (Å²) in [5, 5.41) is 3.18. The maximum atomic E-state index is 6.04.